The van der Waals surface area contributed by atoms with E-state index in [4.69, 9.17) is 0 Å². The zero-order valence-electron chi connectivity index (χ0n) is 12.2. The Bertz CT molecular complexity index is 561. The normalized spacial score (nSPS) is 24.4. The summed E-state index contributed by atoms with van der Waals surface area (Å²) in [6, 6.07) is 1.47. The van der Waals surface area contributed by atoms with Gasteiger partial charge in [-0.2, -0.15) is 5.10 Å². The molecule has 0 aliphatic heterocycles. The minimum absolute atomic E-state index is 0.121. The van der Waals surface area contributed by atoms with Gasteiger partial charge in [-0.15, -0.1) is 0 Å². The zero-order chi connectivity index (χ0) is 14.9. The molecule has 1 unspecified atom stereocenters. The lowest BCUT2D eigenvalue weighted by atomic mass is 9.77. The third-order valence-electron chi connectivity index (χ3n) is 3.91. The molecule has 1 atom stereocenters. The number of aryl methyl sites for hydroxylation is 2. The van der Waals surface area contributed by atoms with Crippen molar-refractivity contribution in [3.05, 3.63) is 11.8 Å². The highest BCUT2D eigenvalue weighted by Crippen LogP contribution is 2.32. The number of aromatic nitrogens is 2. The summed E-state index contributed by atoms with van der Waals surface area (Å²) in [5.74, 6) is 0.226. The number of hydrogen-bond donors (Lipinski definition) is 2. The Labute approximate surface area is 120 Å². The molecule has 1 aliphatic carbocycles. The zero-order valence-corrected chi connectivity index (χ0v) is 13.0. The van der Waals surface area contributed by atoms with Crippen molar-refractivity contribution in [2.24, 2.45) is 5.92 Å². The second kappa shape index (κ2) is 5.83. The Morgan fingerprint density at radius 2 is 2.15 bits per heavy atom. The van der Waals surface area contributed by atoms with E-state index in [1.165, 1.54) is 4.68 Å². The molecule has 2 rings (SSSR count). The standard InChI is InChI=1S/C13H23N3O3S/c1-4-12(10-7-11(17)8-10)15-20(18,19)13-6-9(3)14-16(13)5-2/h6,10-12,15,17H,4-5,7-8H2,1-3H3. The van der Waals surface area contributed by atoms with Crippen LogP contribution in [0, 0.1) is 12.8 Å². The maximum absolute atomic E-state index is 12.5. The molecule has 20 heavy (non-hydrogen) atoms. The number of nitrogens with one attached hydrogen (secondary N) is 1. The third-order valence-corrected chi connectivity index (χ3v) is 5.40. The first-order valence-corrected chi connectivity index (χ1v) is 8.60. The summed E-state index contributed by atoms with van der Waals surface area (Å²) in [4.78, 5) is 0. The van der Waals surface area contributed by atoms with Crippen LogP contribution >= 0.6 is 0 Å². The molecule has 1 saturated carbocycles. The highest BCUT2D eigenvalue weighted by atomic mass is 32.2. The minimum Gasteiger partial charge on any atom is -0.393 e. The van der Waals surface area contributed by atoms with E-state index in [1.807, 2.05) is 13.8 Å². The first-order valence-electron chi connectivity index (χ1n) is 7.12. The molecule has 1 heterocycles. The summed E-state index contributed by atoms with van der Waals surface area (Å²) in [7, 11) is -3.56. The molecule has 0 saturated heterocycles. The maximum atomic E-state index is 12.5. The maximum Gasteiger partial charge on any atom is 0.257 e. The van der Waals surface area contributed by atoms with Crippen LogP contribution in [-0.2, 0) is 16.6 Å². The van der Waals surface area contributed by atoms with Crippen LogP contribution in [0.25, 0.3) is 0 Å². The van der Waals surface area contributed by atoms with Crippen molar-refractivity contribution in [1.29, 1.82) is 0 Å². The van der Waals surface area contributed by atoms with Gasteiger partial charge >= 0.3 is 0 Å². The molecule has 7 heteroatoms. The fraction of sp³-hybridized carbons (Fsp3) is 0.769. The molecule has 2 N–H and O–H groups in total. The fourth-order valence-electron chi connectivity index (χ4n) is 2.70. The van der Waals surface area contributed by atoms with Crippen LogP contribution in [-0.4, -0.2) is 35.5 Å². The van der Waals surface area contributed by atoms with Gasteiger partial charge in [-0.25, -0.2) is 13.1 Å². The van der Waals surface area contributed by atoms with Gasteiger partial charge in [0, 0.05) is 12.6 Å². The van der Waals surface area contributed by atoms with Crippen LogP contribution in [0.1, 0.15) is 38.8 Å². The van der Waals surface area contributed by atoms with Crippen molar-refractivity contribution in [2.75, 3.05) is 0 Å². The molecule has 114 valence electrons. The molecule has 1 fully saturated rings. The van der Waals surface area contributed by atoms with E-state index in [0.717, 1.165) is 6.42 Å². The van der Waals surface area contributed by atoms with Gasteiger partial charge in [0.25, 0.3) is 10.0 Å². The molecule has 1 aromatic rings. The number of aliphatic hydroxyl groups excluding tert-OH is 1. The Balaban J connectivity index is 2.17. The molecule has 1 aliphatic rings. The van der Waals surface area contributed by atoms with Crippen molar-refractivity contribution in [2.45, 2.75) is 63.8 Å². The smallest absolute Gasteiger partial charge is 0.257 e. The summed E-state index contributed by atoms with van der Waals surface area (Å²) in [6.07, 6.45) is 1.79. The van der Waals surface area contributed by atoms with Crippen LogP contribution in [0.4, 0.5) is 0 Å². The van der Waals surface area contributed by atoms with Gasteiger partial charge in [0.05, 0.1) is 11.8 Å². The largest absolute Gasteiger partial charge is 0.393 e. The SMILES string of the molecule is CCC(NS(=O)(=O)c1cc(C)nn1CC)C1CC(O)C1. The van der Waals surface area contributed by atoms with E-state index >= 15 is 0 Å². The molecule has 0 bridgehead atoms. The van der Waals surface area contributed by atoms with Crippen LogP contribution in [0.2, 0.25) is 0 Å². The van der Waals surface area contributed by atoms with E-state index in [2.05, 4.69) is 9.82 Å². The van der Waals surface area contributed by atoms with E-state index in [9.17, 15) is 13.5 Å². The summed E-state index contributed by atoms with van der Waals surface area (Å²) >= 11 is 0. The van der Waals surface area contributed by atoms with Gasteiger partial charge in [-0.3, -0.25) is 4.68 Å². The summed E-state index contributed by atoms with van der Waals surface area (Å²) in [5.41, 5.74) is 0.694. The molecule has 0 aromatic carbocycles. The monoisotopic (exact) mass is 301 g/mol. The highest BCUT2D eigenvalue weighted by molar-refractivity contribution is 7.89. The van der Waals surface area contributed by atoms with Gasteiger partial charge in [0.2, 0.25) is 0 Å². The fourth-order valence-corrected chi connectivity index (χ4v) is 4.35. The molecule has 1 aromatic heterocycles. The Morgan fingerprint density at radius 3 is 2.65 bits per heavy atom. The average molecular weight is 301 g/mol. The van der Waals surface area contributed by atoms with Gasteiger partial charge in [0.1, 0.15) is 0 Å². The van der Waals surface area contributed by atoms with Crippen molar-refractivity contribution < 1.29 is 13.5 Å². The van der Waals surface area contributed by atoms with Gasteiger partial charge in [-0.05, 0) is 45.1 Å². The first kappa shape index (κ1) is 15.5. The molecular weight excluding hydrogens is 278 g/mol. The van der Waals surface area contributed by atoms with Crippen LogP contribution in [0.5, 0.6) is 0 Å². The Kier molecular flexibility index (Phi) is 4.51. The van der Waals surface area contributed by atoms with Crippen molar-refractivity contribution in [3.63, 3.8) is 0 Å². The number of aliphatic hydroxyl groups is 1. The van der Waals surface area contributed by atoms with E-state index in [1.54, 1.807) is 13.0 Å². The Morgan fingerprint density at radius 1 is 1.50 bits per heavy atom. The number of sulfonamides is 1. The molecule has 6 nitrogen and oxygen atoms in total. The quantitative estimate of drug-likeness (QED) is 0.822. The predicted octanol–water partition coefficient (Wildman–Crippen LogP) is 1.04. The number of hydrogen-bond acceptors (Lipinski definition) is 4. The van der Waals surface area contributed by atoms with Crippen molar-refractivity contribution in [3.8, 4) is 0 Å². The highest BCUT2D eigenvalue weighted by Gasteiger charge is 2.36. The second-order valence-corrected chi connectivity index (χ2v) is 7.12. The first-order chi connectivity index (χ1) is 9.37. The van der Waals surface area contributed by atoms with Gasteiger partial charge in [0.15, 0.2) is 5.03 Å². The summed E-state index contributed by atoms with van der Waals surface area (Å²) in [5, 5.41) is 13.8. The lowest BCUT2D eigenvalue weighted by Crippen LogP contribution is -2.46. The lowest BCUT2D eigenvalue weighted by molar-refractivity contribution is 0.0277. The van der Waals surface area contributed by atoms with Crippen LogP contribution in [0.15, 0.2) is 11.1 Å². The predicted molar refractivity (Wildman–Crippen MR) is 75.8 cm³/mol. The molecular formula is C13H23N3O3S. The van der Waals surface area contributed by atoms with E-state index in [0.29, 0.717) is 25.1 Å². The topological polar surface area (TPSA) is 84.2 Å². The van der Waals surface area contributed by atoms with Gasteiger partial charge < -0.3 is 5.11 Å². The van der Waals surface area contributed by atoms with Crippen molar-refractivity contribution >= 4 is 10.0 Å². The Hall–Kier alpha value is -0.920. The third kappa shape index (κ3) is 3.05. The molecule has 0 radical (unpaired) electrons. The van der Waals surface area contributed by atoms with Gasteiger partial charge in [-0.1, -0.05) is 6.92 Å². The number of nitrogens with zero attached hydrogens (tertiary/aromatic N) is 2. The second-order valence-electron chi connectivity index (χ2n) is 5.46. The summed E-state index contributed by atoms with van der Waals surface area (Å²) in [6.45, 7) is 6.12. The van der Waals surface area contributed by atoms with E-state index in [-0.39, 0.29) is 23.1 Å². The average Bonchev–Trinajstić information content (AvgIpc) is 2.74. The molecule has 0 amide bonds. The minimum atomic E-state index is -3.56. The van der Waals surface area contributed by atoms with Crippen LogP contribution in [0.3, 0.4) is 0 Å². The van der Waals surface area contributed by atoms with Crippen LogP contribution < -0.4 is 4.72 Å². The van der Waals surface area contributed by atoms with E-state index < -0.39 is 10.0 Å². The molecule has 0 spiro atoms. The number of rotatable bonds is 6. The van der Waals surface area contributed by atoms with Crippen molar-refractivity contribution in [1.82, 2.24) is 14.5 Å². The lowest BCUT2D eigenvalue weighted by Gasteiger charge is -2.37. The summed E-state index contributed by atoms with van der Waals surface area (Å²) < 4.78 is 29.2.